The zero-order valence-electron chi connectivity index (χ0n) is 13.6. The highest BCUT2D eigenvalue weighted by Crippen LogP contribution is 2.19. The molecule has 0 unspecified atom stereocenters. The van der Waals surface area contributed by atoms with Crippen LogP contribution in [-0.2, 0) is 0 Å². The molecule has 4 rings (SSSR count). The summed E-state index contributed by atoms with van der Waals surface area (Å²) >= 11 is 0. The molecular formula is C15H16N8O2. The fraction of sp³-hybridized carbons (Fsp3) is 0.333. The molecule has 10 nitrogen and oxygen atoms in total. The number of carboxylic acids is 1. The van der Waals surface area contributed by atoms with Crippen molar-refractivity contribution in [3.63, 3.8) is 0 Å². The van der Waals surface area contributed by atoms with Crippen molar-refractivity contribution in [3.8, 4) is 0 Å². The Hall–Kier alpha value is -3.30. The van der Waals surface area contributed by atoms with E-state index >= 15 is 0 Å². The molecule has 0 spiro atoms. The van der Waals surface area contributed by atoms with Crippen LogP contribution in [0.2, 0.25) is 0 Å². The molecule has 0 aromatic carbocycles. The second-order valence-corrected chi connectivity index (χ2v) is 5.77. The standard InChI is InChI=1S/C15H16N8O2/c1-10-6-13(23-15(20-10)18-9-19-23)22-4-2-21(3-5-22)12-8-16-11(7-17-12)14(24)25/h6-9H,2-5H2,1H3,(H,24,25). The zero-order chi connectivity index (χ0) is 17.4. The van der Waals surface area contributed by atoms with Crippen molar-refractivity contribution < 1.29 is 9.90 Å². The van der Waals surface area contributed by atoms with Crippen molar-refractivity contribution in [2.75, 3.05) is 36.0 Å². The summed E-state index contributed by atoms with van der Waals surface area (Å²) in [6, 6.07) is 2.00. The van der Waals surface area contributed by atoms with Gasteiger partial charge in [-0.1, -0.05) is 0 Å². The van der Waals surface area contributed by atoms with Crippen LogP contribution < -0.4 is 9.80 Å². The quantitative estimate of drug-likeness (QED) is 0.716. The molecule has 1 aliphatic rings. The van der Waals surface area contributed by atoms with Gasteiger partial charge in [-0.2, -0.15) is 14.6 Å². The van der Waals surface area contributed by atoms with Gasteiger partial charge in [0.25, 0.3) is 5.78 Å². The van der Waals surface area contributed by atoms with E-state index in [9.17, 15) is 4.79 Å². The van der Waals surface area contributed by atoms with Crippen molar-refractivity contribution in [1.82, 2.24) is 29.5 Å². The molecule has 0 amide bonds. The molecule has 128 valence electrons. The van der Waals surface area contributed by atoms with Crippen LogP contribution in [0.25, 0.3) is 5.78 Å². The van der Waals surface area contributed by atoms with Crippen LogP contribution in [0, 0.1) is 6.92 Å². The van der Waals surface area contributed by atoms with Gasteiger partial charge in [-0.15, -0.1) is 0 Å². The lowest BCUT2D eigenvalue weighted by molar-refractivity contribution is 0.0690. The molecule has 0 saturated carbocycles. The molecule has 0 bridgehead atoms. The number of nitrogens with zero attached hydrogens (tertiary/aromatic N) is 8. The van der Waals surface area contributed by atoms with Gasteiger partial charge in [0, 0.05) is 37.9 Å². The van der Waals surface area contributed by atoms with Gasteiger partial charge in [0.15, 0.2) is 5.69 Å². The van der Waals surface area contributed by atoms with Gasteiger partial charge in [0.2, 0.25) is 0 Å². The first-order valence-corrected chi connectivity index (χ1v) is 7.84. The van der Waals surface area contributed by atoms with Crippen LogP contribution in [0.1, 0.15) is 16.2 Å². The Balaban J connectivity index is 1.51. The lowest BCUT2D eigenvalue weighted by Crippen LogP contribution is -2.47. The molecule has 4 heterocycles. The largest absolute Gasteiger partial charge is 0.476 e. The van der Waals surface area contributed by atoms with Crippen LogP contribution in [0.4, 0.5) is 11.6 Å². The van der Waals surface area contributed by atoms with E-state index in [-0.39, 0.29) is 5.69 Å². The molecule has 3 aromatic rings. The van der Waals surface area contributed by atoms with Crippen LogP contribution in [-0.4, -0.2) is 66.8 Å². The highest BCUT2D eigenvalue weighted by molar-refractivity contribution is 5.84. The molecule has 1 saturated heterocycles. The first-order valence-electron chi connectivity index (χ1n) is 7.84. The number of anilines is 2. The van der Waals surface area contributed by atoms with E-state index < -0.39 is 5.97 Å². The maximum Gasteiger partial charge on any atom is 0.356 e. The lowest BCUT2D eigenvalue weighted by Gasteiger charge is -2.36. The molecular weight excluding hydrogens is 324 g/mol. The number of hydrogen-bond acceptors (Lipinski definition) is 8. The van der Waals surface area contributed by atoms with Crippen molar-refractivity contribution >= 4 is 23.4 Å². The summed E-state index contributed by atoms with van der Waals surface area (Å²) in [5.41, 5.74) is 0.844. The Labute approximate surface area is 142 Å². The van der Waals surface area contributed by atoms with Crippen LogP contribution in [0.3, 0.4) is 0 Å². The number of piperazine rings is 1. The average molecular weight is 340 g/mol. The number of aromatic carboxylic acids is 1. The summed E-state index contributed by atoms with van der Waals surface area (Å²) in [7, 11) is 0. The monoisotopic (exact) mass is 340 g/mol. The number of aryl methyl sites for hydroxylation is 1. The summed E-state index contributed by atoms with van der Waals surface area (Å²) in [6.45, 7) is 4.99. The number of rotatable bonds is 3. The predicted molar refractivity (Wildman–Crippen MR) is 88.9 cm³/mol. The normalized spacial score (nSPS) is 14.9. The zero-order valence-corrected chi connectivity index (χ0v) is 13.6. The maximum absolute atomic E-state index is 10.9. The van der Waals surface area contributed by atoms with E-state index in [1.165, 1.54) is 18.7 Å². The van der Waals surface area contributed by atoms with Crippen LogP contribution in [0.5, 0.6) is 0 Å². The summed E-state index contributed by atoms with van der Waals surface area (Å²) in [6.07, 6.45) is 4.29. The maximum atomic E-state index is 10.9. The Morgan fingerprint density at radius 1 is 1.08 bits per heavy atom. The SMILES string of the molecule is Cc1cc(N2CCN(c3cnc(C(=O)O)cn3)CC2)n2ncnc2n1. The summed E-state index contributed by atoms with van der Waals surface area (Å²) in [5, 5.41) is 13.1. The average Bonchev–Trinajstić information content (AvgIpc) is 3.09. The number of carboxylic acid groups (broad SMARTS) is 1. The van der Waals surface area contributed by atoms with E-state index in [4.69, 9.17) is 5.11 Å². The minimum absolute atomic E-state index is 0.0526. The van der Waals surface area contributed by atoms with Crippen molar-refractivity contribution in [2.24, 2.45) is 0 Å². The summed E-state index contributed by atoms with van der Waals surface area (Å²) < 4.78 is 1.74. The predicted octanol–water partition coefficient (Wildman–Crippen LogP) is 0.248. The molecule has 1 N–H and O–H groups in total. The molecule has 0 atom stereocenters. The van der Waals surface area contributed by atoms with Crippen molar-refractivity contribution in [2.45, 2.75) is 6.92 Å². The van der Waals surface area contributed by atoms with Gasteiger partial charge in [-0.25, -0.2) is 19.7 Å². The number of fused-ring (bicyclic) bond motifs is 1. The van der Waals surface area contributed by atoms with Gasteiger partial charge in [-0.05, 0) is 6.92 Å². The van der Waals surface area contributed by atoms with Crippen LogP contribution >= 0.6 is 0 Å². The van der Waals surface area contributed by atoms with Gasteiger partial charge in [0.05, 0.1) is 12.4 Å². The molecule has 1 fully saturated rings. The second kappa shape index (κ2) is 5.96. The Kier molecular flexibility index (Phi) is 3.64. The third kappa shape index (κ3) is 2.82. The number of hydrogen-bond donors (Lipinski definition) is 1. The third-order valence-electron chi connectivity index (χ3n) is 4.15. The Bertz CT molecular complexity index is 915. The van der Waals surface area contributed by atoms with E-state index in [0.29, 0.717) is 11.6 Å². The van der Waals surface area contributed by atoms with Gasteiger partial charge < -0.3 is 14.9 Å². The molecule has 3 aromatic heterocycles. The van der Waals surface area contributed by atoms with Crippen molar-refractivity contribution in [1.29, 1.82) is 0 Å². The van der Waals surface area contributed by atoms with Crippen LogP contribution in [0.15, 0.2) is 24.8 Å². The van der Waals surface area contributed by atoms with Gasteiger partial charge >= 0.3 is 5.97 Å². The second-order valence-electron chi connectivity index (χ2n) is 5.77. The van der Waals surface area contributed by atoms with E-state index in [1.807, 2.05) is 13.0 Å². The third-order valence-corrected chi connectivity index (χ3v) is 4.15. The fourth-order valence-electron chi connectivity index (χ4n) is 2.90. The minimum Gasteiger partial charge on any atom is -0.476 e. The van der Waals surface area contributed by atoms with E-state index in [2.05, 4.69) is 34.8 Å². The summed E-state index contributed by atoms with van der Waals surface area (Å²) in [5.74, 6) is 1.16. The molecule has 25 heavy (non-hydrogen) atoms. The van der Waals surface area contributed by atoms with Gasteiger partial charge in [0.1, 0.15) is 18.0 Å². The smallest absolute Gasteiger partial charge is 0.356 e. The summed E-state index contributed by atoms with van der Waals surface area (Å²) in [4.78, 5) is 31.8. The van der Waals surface area contributed by atoms with E-state index in [0.717, 1.165) is 37.7 Å². The Morgan fingerprint density at radius 2 is 1.84 bits per heavy atom. The van der Waals surface area contributed by atoms with Gasteiger partial charge in [-0.3, -0.25) is 0 Å². The number of aromatic nitrogens is 6. The molecule has 0 aliphatic carbocycles. The first-order chi connectivity index (χ1) is 12.1. The lowest BCUT2D eigenvalue weighted by atomic mass is 10.3. The number of carbonyl (C=O) groups is 1. The first kappa shape index (κ1) is 15.2. The molecule has 1 aliphatic heterocycles. The fourth-order valence-corrected chi connectivity index (χ4v) is 2.90. The highest BCUT2D eigenvalue weighted by atomic mass is 16.4. The van der Waals surface area contributed by atoms with Crippen molar-refractivity contribution in [3.05, 3.63) is 36.2 Å². The minimum atomic E-state index is -1.08. The topological polar surface area (TPSA) is 113 Å². The highest BCUT2D eigenvalue weighted by Gasteiger charge is 2.21. The van der Waals surface area contributed by atoms with E-state index in [1.54, 1.807) is 4.52 Å². The Morgan fingerprint density at radius 3 is 2.52 bits per heavy atom. The molecule has 10 heteroatoms. The molecule has 0 radical (unpaired) electrons.